The van der Waals surface area contributed by atoms with Gasteiger partial charge in [-0.05, 0) is 36.6 Å². The Hall–Kier alpha value is -1.19. The lowest BCUT2D eigenvalue weighted by Crippen LogP contribution is -2.40. The number of ketones is 1. The van der Waals surface area contributed by atoms with Crippen LogP contribution >= 0.6 is 0 Å². The second kappa shape index (κ2) is 4.59. The summed E-state index contributed by atoms with van der Waals surface area (Å²) >= 11 is 0. The third-order valence-corrected chi connectivity index (χ3v) is 3.63. The van der Waals surface area contributed by atoms with Crippen LogP contribution in [0.3, 0.4) is 0 Å². The Morgan fingerprint density at radius 3 is 2.94 bits per heavy atom. The zero-order chi connectivity index (χ0) is 11.7. The molecule has 0 saturated carbocycles. The summed E-state index contributed by atoms with van der Waals surface area (Å²) in [4.78, 5) is 12.3. The van der Waals surface area contributed by atoms with Crippen molar-refractivity contribution in [2.24, 2.45) is 0 Å². The summed E-state index contributed by atoms with van der Waals surface area (Å²) in [7, 11) is 0. The van der Waals surface area contributed by atoms with Crippen LogP contribution in [-0.2, 0) is 18.0 Å². The normalized spacial score (nSPS) is 23.4. The highest BCUT2D eigenvalue weighted by Crippen LogP contribution is 2.22. The average molecular weight is 231 g/mol. The molecule has 0 aliphatic carbocycles. The fourth-order valence-electron chi connectivity index (χ4n) is 2.60. The van der Waals surface area contributed by atoms with Crippen molar-refractivity contribution < 1.29 is 9.53 Å². The van der Waals surface area contributed by atoms with Crippen LogP contribution in [0.1, 0.15) is 40.7 Å². The minimum atomic E-state index is 0.0177. The molecule has 0 aromatic heterocycles. The first kappa shape index (κ1) is 10.9. The zero-order valence-corrected chi connectivity index (χ0v) is 9.87. The van der Waals surface area contributed by atoms with Gasteiger partial charge in [0.1, 0.15) is 0 Å². The standard InChI is InChI=1S/C14H17NO2/c16-14(13-3-1-2-6-15-13)10-4-5-11-8-17-9-12(11)7-10/h4-5,7,13,15H,1-3,6,8-9H2. The maximum Gasteiger partial charge on any atom is 0.179 e. The van der Waals surface area contributed by atoms with E-state index in [1.165, 1.54) is 17.5 Å². The first-order valence-corrected chi connectivity index (χ1v) is 6.32. The van der Waals surface area contributed by atoms with Gasteiger partial charge in [-0.1, -0.05) is 18.6 Å². The van der Waals surface area contributed by atoms with Crippen LogP contribution in [0, 0.1) is 0 Å². The molecular formula is C14H17NO2. The van der Waals surface area contributed by atoms with E-state index >= 15 is 0 Å². The van der Waals surface area contributed by atoms with Crippen LogP contribution < -0.4 is 5.32 Å². The maximum atomic E-state index is 12.3. The number of rotatable bonds is 2. The molecule has 0 amide bonds. The zero-order valence-electron chi connectivity index (χ0n) is 9.87. The molecule has 1 fully saturated rings. The van der Waals surface area contributed by atoms with Crippen molar-refractivity contribution in [3.8, 4) is 0 Å². The van der Waals surface area contributed by atoms with E-state index < -0.39 is 0 Å². The van der Waals surface area contributed by atoms with Crippen molar-refractivity contribution in [2.75, 3.05) is 6.54 Å². The minimum Gasteiger partial charge on any atom is -0.372 e. The number of carbonyl (C=O) groups excluding carboxylic acids is 1. The summed E-state index contributed by atoms with van der Waals surface area (Å²) in [6, 6.07) is 5.98. The molecule has 0 bridgehead atoms. The summed E-state index contributed by atoms with van der Waals surface area (Å²) in [6.07, 6.45) is 3.30. The van der Waals surface area contributed by atoms with Crippen molar-refractivity contribution >= 4 is 5.78 Å². The van der Waals surface area contributed by atoms with E-state index in [1.54, 1.807) is 0 Å². The van der Waals surface area contributed by atoms with Crippen LogP contribution in [0.15, 0.2) is 18.2 Å². The molecule has 2 aliphatic rings. The molecule has 2 heterocycles. The number of ether oxygens (including phenoxy) is 1. The Morgan fingerprint density at radius 1 is 1.24 bits per heavy atom. The van der Waals surface area contributed by atoms with E-state index in [4.69, 9.17) is 4.74 Å². The van der Waals surface area contributed by atoms with Crippen molar-refractivity contribution in [3.05, 3.63) is 34.9 Å². The molecule has 3 nitrogen and oxygen atoms in total. The second-order valence-electron chi connectivity index (χ2n) is 4.84. The van der Waals surface area contributed by atoms with Crippen LogP contribution in [-0.4, -0.2) is 18.4 Å². The molecule has 3 rings (SSSR count). The molecule has 1 aromatic rings. The van der Waals surface area contributed by atoms with Crippen molar-refractivity contribution in [1.82, 2.24) is 5.32 Å². The molecule has 90 valence electrons. The maximum absolute atomic E-state index is 12.3. The van der Waals surface area contributed by atoms with E-state index in [2.05, 4.69) is 5.32 Å². The number of carbonyl (C=O) groups is 1. The third-order valence-electron chi connectivity index (χ3n) is 3.63. The molecule has 2 aliphatic heterocycles. The van der Waals surface area contributed by atoms with Crippen LogP contribution in [0.5, 0.6) is 0 Å². The fraction of sp³-hybridized carbons (Fsp3) is 0.500. The van der Waals surface area contributed by atoms with Gasteiger partial charge in [0.15, 0.2) is 5.78 Å². The summed E-state index contributed by atoms with van der Waals surface area (Å²) < 4.78 is 5.37. The highest BCUT2D eigenvalue weighted by Gasteiger charge is 2.23. The smallest absolute Gasteiger partial charge is 0.179 e. The summed E-state index contributed by atoms with van der Waals surface area (Å²) in [5.41, 5.74) is 3.22. The van der Waals surface area contributed by atoms with Gasteiger partial charge in [0.05, 0.1) is 19.3 Å². The van der Waals surface area contributed by atoms with E-state index in [9.17, 15) is 4.79 Å². The fourth-order valence-corrected chi connectivity index (χ4v) is 2.60. The van der Waals surface area contributed by atoms with Gasteiger partial charge in [0.2, 0.25) is 0 Å². The van der Waals surface area contributed by atoms with E-state index in [0.717, 1.165) is 24.9 Å². The van der Waals surface area contributed by atoms with Crippen LogP contribution in [0.2, 0.25) is 0 Å². The Morgan fingerprint density at radius 2 is 2.12 bits per heavy atom. The Kier molecular flexibility index (Phi) is 2.95. The van der Waals surface area contributed by atoms with E-state index in [-0.39, 0.29) is 11.8 Å². The Balaban J connectivity index is 1.81. The predicted molar refractivity (Wildman–Crippen MR) is 64.9 cm³/mol. The monoisotopic (exact) mass is 231 g/mol. The number of Topliss-reactive ketones (excluding diaryl/α,β-unsaturated/α-hetero) is 1. The molecule has 1 unspecified atom stereocenters. The van der Waals surface area contributed by atoms with Gasteiger partial charge in [-0.25, -0.2) is 0 Å². The molecule has 17 heavy (non-hydrogen) atoms. The molecule has 1 atom stereocenters. The number of piperidine rings is 1. The molecular weight excluding hydrogens is 214 g/mol. The number of hydrogen-bond donors (Lipinski definition) is 1. The van der Waals surface area contributed by atoms with Gasteiger partial charge in [-0.2, -0.15) is 0 Å². The third kappa shape index (κ3) is 2.13. The van der Waals surface area contributed by atoms with E-state index in [1.807, 2.05) is 18.2 Å². The van der Waals surface area contributed by atoms with Crippen molar-refractivity contribution in [2.45, 2.75) is 38.5 Å². The van der Waals surface area contributed by atoms with Crippen molar-refractivity contribution in [3.63, 3.8) is 0 Å². The SMILES string of the molecule is O=C(c1ccc2c(c1)COC2)C1CCCCN1. The number of nitrogens with one attached hydrogen (secondary N) is 1. The van der Waals surface area contributed by atoms with Crippen LogP contribution in [0.25, 0.3) is 0 Å². The second-order valence-corrected chi connectivity index (χ2v) is 4.84. The highest BCUT2D eigenvalue weighted by molar-refractivity contribution is 6.00. The van der Waals surface area contributed by atoms with Crippen LogP contribution in [0.4, 0.5) is 0 Å². The number of hydrogen-bond acceptors (Lipinski definition) is 3. The summed E-state index contributed by atoms with van der Waals surface area (Å²) in [5, 5.41) is 3.30. The molecule has 0 spiro atoms. The highest BCUT2D eigenvalue weighted by atomic mass is 16.5. The lowest BCUT2D eigenvalue weighted by Gasteiger charge is -2.22. The van der Waals surface area contributed by atoms with Gasteiger partial charge >= 0.3 is 0 Å². The predicted octanol–water partition coefficient (Wildman–Crippen LogP) is 2.04. The molecule has 1 saturated heterocycles. The molecule has 0 radical (unpaired) electrons. The summed E-state index contributed by atoms with van der Waals surface area (Å²) in [6.45, 7) is 2.30. The van der Waals surface area contributed by atoms with Crippen molar-refractivity contribution in [1.29, 1.82) is 0 Å². The number of fused-ring (bicyclic) bond motifs is 1. The minimum absolute atomic E-state index is 0.0177. The largest absolute Gasteiger partial charge is 0.372 e. The topological polar surface area (TPSA) is 38.3 Å². The van der Waals surface area contributed by atoms with Gasteiger partial charge in [0, 0.05) is 5.56 Å². The average Bonchev–Trinajstić information content (AvgIpc) is 2.86. The summed E-state index contributed by atoms with van der Waals surface area (Å²) in [5.74, 6) is 0.236. The first-order valence-electron chi connectivity index (χ1n) is 6.32. The lowest BCUT2D eigenvalue weighted by atomic mass is 9.94. The molecule has 1 N–H and O–H groups in total. The van der Waals surface area contributed by atoms with Gasteiger partial charge in [-0.3, -0.25) is 4.79 Å². The Labute approximate surface area is 101 Å². The molecule has 1 aromatic carbocycles. The number of benzene rings is 1. The van der Waals surface area contributed by atoms with E-state index in [0.29, 0.717) is 13.2 Å². The first-order chi connectivity index (χ1) is 8.34. The van der Waals surface area contributed by atoms with Gasteiger partial charge in [0.25, 0.3) is 0 Å². The Bertz CT molecular complexity index is 436. The lowest BCUT2D eigenvalue weighted by molar-refractivity contribution is 0.0927. The molecule has 3 heteroatoms. The van der Waals surface area contributed by atoms with Gasteiger partial charge < -0.3 is 10.1 Å². The quantitative estimate of drug-likeness (QED) is 0.792. The van der Waals surface area contributed by atoms with Gasteiger partial charge in [-0.15, -0.1) is 0 Å².